The van der Waals surface area contributed by atoms with E-state index in [1.165, 1.54) is 0 Å². The highest BCUT2D eigenvalue weighted by Crippen LogP contribution is 2.54. The Morgan fingerprint density at radius 2 is 2.67 bits per heavy atom. The lowest BCUT2D eigenvalue weighted by atomic mass is 10.0. The van der Waals surface area contributed by atoms with Gasteiger partial charge in [0.1, 0.15) is 0 Å². The maximum absolute atomic E-state index is 8.98. The van der Waals surface area contributed by atoms with Crippen molar-refractivity contribution >= 4 is 11.3 Å². The molecule has 2 unspecified atom stereocenters. The van der Waals surface area contributed by atoms with Gasteiger partial charge in [-0.2, -0.15) is 5.26 Å². The van der Waals surface area contributed by atoms with Crippen LogP contribution in [0.3, 0.4) is 0 Å². The maximum Gasteiger partial charge on any atom is 0.0969 e. The van der Waals surface area contributed by atoms with E-state index < -0.39 is 0 Å². The Hall–Kier alpha value is -0.850. The van der Waals surface area contributed by atoms with Gasteiger partial charge in [0.05, 0.1) is 11.5 Å². The molecule has 1 aromatic rings. The first-order valence-electron chi connectivity index (χ1n) is 3.89. The van der Waals surface area contributed by atoms with Gasteiger partial charge in [-0.15, -0.1) is 11.3 Å². The summed E-state index contributed by atoms with van der Waals surface area (Å²) in [6, 6.07) is 6.23. The van der Waals surface area contributed by atoms with Gasteiger partial charge in [-0.25, -0.2) is 0 Å². The minimum Gasteiger partial charge on any atom is -0.396 e. The van der Waals surface area contributed by atoms with Crippen molar-refractivity contribution in [2.45, 2.75) is 11.8 Å². The number of aliphatic hydroxyl groups is 1. The van der Waals surface area contributed by atoms with Crippen LogP contribution in [0.5, 0.6) is 0 Å². The zero-order valence-electron chi connectivity index (χ0n) is 6.53. The third-order valence-electron chi connectivity index (χ3n) is 2.49. The van der Waals surface area contributed by atoms with Crippen LogP contribution in [0.2, 0.25) is 0 Å². The van der Waals surface area contributed by atoms with E-state index in [1.54, 1.807) is 11.3 Å². The molecule has 1 fully saturated rings. The van der Waals surface area contributed by atoms with Crippen molar-refractivity contribution < 1.29 is 5.11 Å². The molecule has 1 aromatic heterocycles. The Kier molecular flexibility index (Phi) is 1.67. The van der Waals surface area contributed by atoms with Gasteiger partial charge in [0.2, 0.25) is 0 Å². The molecule has 0 bridgehead atoms. The van der Waals surface area contributed by atoms with Crippen LogP contribution in [-0.4, -0.2) is 11.7 Å². The molecular formula is C9H9NOS. The fourth-order valence-corrected chi connectivity index (χ4v) is 2.54. The van der Waals surface area contributed by atoms with Gasteiger partial charge in [0, 0.05) is 17.4 Å². The van der Waals surface area contributed by atoms with Crippen LogP contribution in [0.1, 0.15) is 11.3 Å². The molecule has 1 heterocycles. The SMILES string of the molecule is N#CC1(c2cccs2)CC1CO. The normalized spacial score (nSPS) is 32.8. The molecule has 3 heteroatoms. The van der Waals surface area contributed by atoms with Gasteiger partial charge in [-0.3, -0.25) is 0 Å². The molecule has 1 aliphatic rings. The first-order valence-corrected chi connectivity index (χ1v) is 4.77. The predicted octanol–water partition coefficient (Wildman–Crippen LogP) is 1.52. The third kappa shape index (κ3) is 0.889. The fourth-order valence-electron chi connectivity index (χ4n) is 1.58. The molecule has 1 N–H and O–H groups in total. The van der Waals surface area contributed by atoms with Crippen molar-refractivity contribution in [2.75, 3.05) is 6.61 Å². The monoisotopic (exact) mass is 179 g/mol. The molecule has 0 aromatic carbocycles. The fraction of sp³-hybridized carbons (Fsp3) is 0.444. The Labute approximate surface area is 75.1 Å². The topological polar surface area (TPSA) is 44.0 Å². The second-order valence-electron chi connectivity index (χ2n) is 3.14. The minimum atomic E-state index is -0.344. The number of rotatable bonds is 2. The molecule has 2 atom stereocenters. The number of thiophene rings is 1. The van der Waals surface area contributed by atoms with E-state index >= 15 is 0 Å². The smallest absolute Gasteiger partial charge is 0.0969 e. The highest BCUT2D eigenvalue weighted by molar-refractivity contribution is 7.10. The molecule has 0 spiro atoms. The molecule has 62 valence electrons. The van der Waals surface area contributed by atoms with Crippen molar-refractivity contribution in [3.63, 3.8) is 0 Å². The predicted molar refractivity (Wildman–Crippen MR) is 46.8 cm³/mol. The summed E-state index contributed by atoms with van der Waals surface area (Å²) >= 11 is 1.60. The van der Waals surface area contributed by atoms with Crippen LogP contribution in [0, 0.1) is 17.2 Å². The molecule has 1 saturated carbocycles. The standard InChI is InChI=1S/C9H9NOS/c10-6-9(4-7(9)5-11)8-2-1-3-12-8/h1-3,7,11H,4-5H2. The molecule has 1 aliphatic carbocycles. The maximum atomic E-state index is 8.98. The summed E-state index contributed by atoms with van der Waals surface area (Å²) in [6.07, 6.45) is 0.820. The van der Waals surface area contributed by atoms with Crippen LogP contribution >= 0.6 is 11.3 Å². The van der Waals surface area contributed by atoms with Crippen LogP contribution in [0.25, 0.3) is 0 Å². The van der Waals surface area contributed by atoms with E-state index in [0.717, 1.165) is 11.3 Å². The summed E-state index contributed by atoms with van der Waals surface area (Å²) in [5, 5.41) is 19.9. The quantitative estimate of drug-likeness (QED) is 0.748. The van der Waals surface area contributed by atoms with E-state index in [2.05, 4.69) is 6.07 Å². The summed E-state index contributed by atoms with van der Waals surface area (Å²) in [5.74, 6) is 0.168. The van der Waals surface area contributed by atoms with Crippen molar-refractivity contribution in [3.8, 4) is 6.07 Å². The lowest BCUT2D eigenvalue weighted by molar-refractivity contribution is 0.269. The Bertz CT molecular complexity index is 314. The van der Waals surface area contributed by atoms with Crippen molar-refractivity contribution in [1.29, 1.82) is 5.26 Å². The van der Waals surface area contributed by atoms with Crippen molar-refractivity contribution in [1.82, 2.24) is 0 Å². The average molecular weight is 179 g/mol. The van der Waals surface area contributed by atoms with Gasteiger partial charge >= 0.3 is 0 Å². The van der Waals surface area contributed by atoms with Gasteiger partial charge in [-0.05, 0) is 17.9 Å². The molecule has 0 radical (unpaired) electrons. The van der Waals surface area contributed by atoms with Gasteiger partial charge in [0.25, 0.3) is 0 Å². The van der Waals surface area contributed by atoms with E-state index in [1.807, 2.05) is 17.5 Å². The average Bonchev–Trinajstić information content (AvgIpc) is 2.57. The first-order chi connectivity index (χ1) is 5.83. The van der Waals surface area contributed by atoms with E-state index in [-0.39, 0.29) is 17.9 Å². The van der Waals surface area contributed by atoms with Crippen LogP contribution in [0.4, 0.5) is 0 Å². The highest BCUT2D eigenvalue weighted by Gasteiger charge is 2.56. The third-order valence-corrected chi connectivity index (χ3v) is 3.53. The summed E-state index contributed by atoms with van der Waals surface area (Å²) in [4.78, 5) is 1.10. The molecule has 12 heavy (non-hydrogen) atoms. The zero-order valence-corrected chi connectivity index (χ0v) is 7.34. The molecule has 0 saturated heterocycles. The van der Waals surface area contributed by atoms with Gasteiger partial charge in [-0.1, -0.05) is 6.07 Å². The summed E-state index contributed by atoms with van der Waals surface area (Å²) in [5.41, 5.74) is -0.344. The van der Waals surface area contributed by atoms with E-state index in [0.29, 0.717) is 0 Å². The number of nitriles is 1. The first kappa shape index (κ1) is 7.78. The van der Waals surface area contributed by atoms with E-state index in [4.69, 9.17) is 10.4 Å². The van der Waals surface area contributed by atoms with Gasteiger partial charge < -0.3 is 5.11 Å². The number of nitrogens with zero attached hydrogens (tertiary/aromatic N) is 1. The molecule has 0 aliphatic heterocycles. The lowest BCUT2D eigenvalue weighted by Crippen LogP contribution is -2.06. The van der Waals surface area contributed by atoms with E-state index in [9.17, 15) is 0 Å². The number of hydrogen-bond donors (Lipinski definition) is 1. The summed E-state index contributed by atoms with van der Waals surface area (Å²) in [7, 11) is 0. The number of aliphatic hydroxyl groups excluding tert-OH is 1. The Morgan fingerprint density at radius 3 is 3.08 bits per heavy atom. The molecular weight excluding hydrogens is 170 g/mol. The van der Waals surface area contributed by atoms with Gasteiger partial charge in [0.15, 0.2) is 0 Å². The summed E-state index contributed by atoms with van der Waals surface area (Å²) in [6.45, 7) is 0.130. The highest BCUT2D eigenvalue weighted by atomic mass is 32.1. The van der Waals surface area contributed by atoms with Crippen LogP contribution in [0.15, 0.2) is 17.5 Å². The Balaban J connectivity index is 2.29. The number of hydrogen-bond acceptors (Lipinski definition) is 3. The second kappa shape index (κ2) is 2.58. The lowest BCUT2D eigenvalue weighted by Gasteiger charge is -2.02. The Morgan fingerprint density at radius 1 is 1.83 bits per heavy atom. The molecule has 0 amide bonds. The summed E-state index contributed by atoms with van der Waals surface area (Å²) < 4.78 is 0. The van der Waals surface area contributed by atoms with Crippen LogP contribution < -0.4 is 0 Å². The minimum absolute atomic E-state index is 0.130. The van der Waals surface area contributed by atoms with Crippen molar-refractivity contribution in [3.05, 3.63) is 22.4 Å². The largest absolute Gasteiger partial charge is 0.396 e. The van der Waals surface area contributed by atoms with Crippen LogP contribution in [-0.2, 0) is 5.41 Å². The zero-order chi connectivity index (χ0) is 8.60. The molecule has 2 nitrogen and oxygen atoms in total. The molecule has 2 rings (SSSR count). The van der Waals surface area contributed by atoms with Crippen molar-refractivity contribution in [2.24, 2.45) is 5.92 Å². The second-order valence-corrected chi connectivity index (χ2v) is 4.09.